The van der Waals surface area contributed by atoms with Gasteiger partial charge in [0.05, 0.1) is 6.20 Å². The second-order valence-corrected chi connectivity index (χ2v) is 6.48. The smallest absolute Gasteiger partial charge is 0.253 e. The lowest BCUT2D eigenvalue weighted by Gasteiger charge is -2.18. The van der Waals surface area contributed by atoms with Gasteiger partial charge in [-0.1, -0.05) is 18.2 Å². The number of pyridine rings is 2. The highest BCUT2D eigenvalue weighted by molar-refractivity contribution is 5.68. The summed E-state index contributed by atoms with van der Waals surface area (Å²) in [6, 6.07) is 16.2. The predicted octanol–water partition coefficient (Wildman–Crippen LogP) is 3.78. The van der Waals surface area contributed by atoms with E-state index >= 15 is 0 Å². The molecule has 4 rings (SSSR count). The van der Waals surface area contributed by atoms with Crippen molar-refractivity contribution in [2.75, 3.05) is 11.9 Å². The summed E-state index contributed by atoms with van der Waals surface area (Å²) in [6.45, 7) is 1.84. The molecule has 5 heteroatoms. The number of hydrogen-bond donors (Lipinski definition) is 0. The Morgan fingerprint density at radius 3 is 2.50 bits per heavy atom. The first kappa shape index (κ1) is 16.1. The molecule has 130 valence electrons. The first-order valence-corrected chi connectivity index (χ1v) is 8.48. The van der Waals surface area contributed by atoms with E-state index in [9.17, 15) is 4.79 Å². The maximum Gasteiger partial charge on any atom is 0.253 e. The number of imidazole rings is 1. The third-order valence-electron chi connectivity index (χ3n) is 4.67. The predicted molar refractivity (Wildman–Crippen MR) is 105 cm³/mol. The molecule has 0 aliphatic heterocycles. The van der Waals surface area contributed by atoms with Gasteiger partial charge in [-0.05, 0) is 42.8 Å². The first-order valence-electron chi connectivity index (χ1n) is 8.48. The van der Waals surface area contributed by atoms with E-state index in [1.54, 1.807) is 11.6 Å². The fourth-order valence-electron chi connectivity index (χ4n) is 3.21. The molecule has 0 unspecified atom stereocenters. The highest BCUT2D eigenvalue weighted by Gasteiger charge is 2.11. The third kappa shape index (κ3) is 2.67. The minimum Gasteiger partial charge on any atom is -0.329 e. The average molecular weight is 344 g/mol. The van der Waals surface area contributed by atoms with Gasteiger partial charge in [-0.2, -0.15) is 0 Å². The number of para-hydroxylation sites is 1. The Morgan fingerprint density at radius 2 is 1.77 bits per heavy atom. The van der Waals surface area contributed by atoms with Gasteiger partial charge in [-0.25, -0.2) is 4.98 Å². The molecule has 0 saturated heterocycles. The highest BCUT2D eigenvalue weighted by Crippen LogP contribution is 2.27. The lowest BCUT2D eigenvalue weighted by molar-refractivity contribution is 0.850. The van der Waals surface area contributed by atoms with E-state index in [2.05, 4.69) is 32.6 Å². The molecule has 0 fully saturated rings. The quantitative estimate of drug-likeness (QED) is 0.568. The molecule has 0 atom stereocenters. The molecule has 4 aromatic rings. The minimum atomic E-state index is 0.0296. The molecule has 0 aliphatic carbocycles. The monoisotopic (exact) mass is 344 g/mol. The van der Waals surface area contributed by atoms with Crippen molar-refractivity contribution in [3.05, 3.63) is 83.0 Å². The Morgan fingerprint density at radius 1 is 1.00 bits per heavy atom. The van der Waals surface area contributed by atoms with Crippen LogP contribution in [0.1, 0.15) is 5.56 Å². The largest absolute Gasteiger partial charge is 0.329 e. The van der Waals surface area contributed by atoms with Crippen LogP contribution in [0.5, 0.6) is 0 Å². The molecule has 3 heterocycles. The van der Waals surface area contributed by atoms with E-state index in [0.717, 1.165) is 33.8 Å². The number of aromatic nitrogens is 3. The van der Waals surface area contributed by atoms with Crippen LogP contribution in [0.3, 0.4) is 0 Å². The van der Waals surface area contributed by atoms with Crippen molar-refractivity contribution < 1.29 is 0 Å². The van der Waals surface area contributed by atoms with Gasteiger partial charge < -0.3 is 9.47 Å². The zero-order chi connectivity index (χ0) is 18.3. The van der Waals surface area contributed by atoms with Gasteiger partial charge in [0, 0.05) is 43.3 Å². The fraction of sp³-hybridized carbons (Fsp3) is 0.143. The van der Waals surface area contributed by atoms with Crippen LogP contribution in [0.15, 0.2) is 71.9 Å². The van der Waals surface area contributed by atoms with Crippen molar-refractivity contribution in [3.8, 4) is 11.1 Å². The molecule has 1 aromatic carbocycles. The van der Waals surface area contributed by atoms with Crippen LogP contribution in [0.2, 0.25) is 0 Å². The van der Waals surface area contributed by atoms with E-state index < -0.39 is 0 Å². The van der Waals surface area contributed by atoms with Gasteiger partial charge in [-0.15, -0.1) is 0 Å². The van der Waals surface area contributed by atoms with Crippen LogP contribution >= 0.6 is 0 Å². The lowest BCUT2D eigenvalue weighted by atomic mass is 10.1. The van der Waals surface area contributed by atoms with Crippen molar-refractivity contribution in [3.63, 3.8) is 0 Å². The molecule has 0 radical (unpaired) electrons. The molecule has 0 spiro atoms. The summed E-state index contributed by atoms with van der Waals surface area (Å²) in [5, 5.41) is 0. The van der Waals surface area contributed by atoms with Gasteiger partial charge in [0.1, 0.15) is 11.5 Å². The van der Waals surface area contributed by atoms with E-state index in [1.165, 1.54) is 0 Å². The Kier molecular flexibility index (Phi) is 3.84. The van der Waals surface area contributed by atoms with Crippen molar-refractivity contribution >= 4 is 17.2 Å². The SMILES string of the molecule is Cc1cc(-c2ccc3ncc(N(C)c4ccccc4)n3c2)cn(C)c1=O. The Bertz CT molecular complexity index is 1120. The Balaban J connectivity index is 1.84. The number of rotatable bonds is 3. The molecule has 0 bridgehead atoms. The maximum absolute atomic E-state index is 12.0. The van der Waals surface area contributed by atoms with E-state index in [1.807, 2.05) is 62.8 Å². The number of aryl methyl sites for hydroxylation is 2. The maximum atomic E-state index is 12.0. The standard InChI is InChI=1S/C21H20N4O/c1-15-11-17(13-23(2)21(15)26)16-9-10-19-22-12-20(25(19)14-16)24(3)18-7-5-4-6-8-18/h4-14H,1-3H3. The van der Waals surface area contributed by atoms with Gasteiger partial charge in [0.2, 0.25) is 0 Å². The van der Waals surface area contributed by atoms with Gasteiger partial charge in [-0.3, -0.25) is 9.20 Å². The molecule has 0 N–H and O–H groups in total. The van der Waals surface area contributed by atoms with Crippen LogP contribution in [0, 0.1) is 6.92 Å². The molecule has 5 nitrogen and oxygen atoms in total. The van der Waals surface area contributed by atoms with Crippen LogP contribution in [-0.4, -0.2) is 21.0 Å². The zero-order valence-corrected chi connectivity index (χ0v) is 15.0. The summed E-state index contributed by atoms with van der Waals surface area (Å²) in [7, 11) is 3.81. The molecule has 0 saturated carbocycles. The Labute approximate surface area is 151 Å². The van der Waals surface area contributed by atoms with Crippen molar-refractivity contribution in [2.24, 2.45) is 7.05 Å². The van der Waals surface area contributed by atoms with Crippen LogP contribution in [0.4, 0.5) is 11.5 Å². The summed E-state index contributed by atoms with van der Waals surface area (Å²) < 4.78 is 3.70. The van der Waals surface area contributed by atoms with Crippen molar-refractivity contribution in [2.45, 2.75) is 6.92 Å². The molecular weight excluding hydrogens is 324 g/mol. The summed E-state index contributed by atoms with van der Waals surface area (Å²) in [5.41, 5.74) is 4.79. The van der Waals surface area contributed by atoms with E-state index in [-0.39, 0.29) is 5.56 Å². The second-order valence-electron chi connectivity index (χ2n) is 6.48. The van der Waals surface area contributed by atoms with E-state index in [0.29, 0.717) is 0 Å². The molecule has 26 heavy (non-hydrogen) atoms. The molecule has 0 aliphatic rings. The third-order valence-corrected chi connectivity index (χ3v) is 4.67. The van der Waals surface area contributed by atoms with Gasteiger partial charge in [0.15, 0.2) is 0 Å². The molecule has 3 aromatic heterocycles. The normalized spacial score (nSPS) is 11.0. The minimum absolute atomic E-state index is 0.0296. The van der Waals surface area contributed by atoms with Crippen LogP contribution in [-0.2, 0) is 7.05 Å². The fourth-order valence-corrected chi connectivity index (χ4v) is 3.21. The van der Waals surface area contributed by atoms with E-state index in [4.69, 9.17) is 0 Å². The molecular formula is C21H20N4O. The second kappa shape index (κ2) is 6.19. The lowest BCUT2D eigenvalue weighted by Crippen LogP contribution is -2.18. The number of nitrogens with zero attached hydrogens (tertiary/aromatic N) is 4. The molecule has 0 amide bonds. The Hall–Kier alpha value is -3.34. The summed E-state index contributed by atoms with van der Waals surface area (Å²) in [6.07, 6.45) is 5.81. The number of benzene rings is 1. The summed E-state index contributed by atoms with van der Waals surface area (Å²) in [4.78, 5) is 18.6. The first-order chi connectivity index (χ1) is 12.5. The number of fused-ring (bicyclic) bond motifs is 1. The van der Waals surface area contributed by atoms with Crippen molar-refractivity contribution in [1.82, 2.24) is 14.0 Å². The topological polar surface area (TPSA) is 42.5 Å². The zero-order valence-electron chi connectivity index (χ0n) is 15.0. The van der Waals surface area contributed by atoms with Gasteiger partial charge in [0.25, 0.3) is 5.56 Å². The average Bonchev–Trinajstić information content (AvgIpc) is 3.09. The van der Waals surface area contributed by atoms with Crippen molar-refractivity contribution in [1.29, 1.82) is 0 Å². The number of hydrogen-bond acceptors (Lipinski definition) is 3. The summed E-state index contributed by atoms with van der Waals surface area (Å²) >= 11 is 0. The highest BCUT2D eigenvalue weighted by atomic mass is 16.1. The summed E-state index contributed by atoms with van der Waals surface area (Å²) in [5.74, 6) is 0.981. The van der Waals surface area contributed by atoms with Gasteiger partial charge >= 0.3 is 0 Å². The van der Waals surface area contributed by atoms with Crippen LogP contribution < -0.4 is 10.5 Å². The number of anilines is 2. The van der Waals surface area contributed by atoms with Crippen LogP contribution in [0.25, 0.3) is 16.8 Å².